The summed E-state index contributed by atoms with van der Waals surface area (Å²) < 4.78 is 27.5. The molecule has 30 heavy (non-hydrogen) atoms. The molecule has 1 unspecified atom stereocenters. The predicted molar refractivity (Wildman–Crippen MR) is 119 cm³/mol. The maximum atomic E-state index is 12.8. The molecule has 1 amide bonds. The van der Waals surface area contributed by atoms with E-state index in [1.807, 2.05) is 47.8 Å². The third-order valence-electron chi connectivity index (χ3n) is 5.05. The zero-order valence-electron chi connectivity index (χ0n) is 16.3. The molecule has 6 nitrogen and oxygen atoms in total. The maximum absolute atomic E-state index is 12.8. The fourth-order valence-electron chi connectivity index (χ4n) is 3.45. The second-order valence-electron chi connectivity index (χ2n) is 7.18. The Hall–Kier alpha value is -2.68. The van der Waals surface area contributed by atoms with Crippen LogP contribution in [0.25, 0.3) is 0 Å². The van der Waals surface area contributed by atoms with Gasteiger partial charge < -0.3 is 10.2 Å². The lowest BCUT2D eigenvalue weighted by atomic mass is 10.2. The summed E-state index contributed by atoms with van der Waals surface area (Å²) >= 11 is 1.50. The third-order valence-corrected chi connectivity index (χ3v) is 7.34. The highest BCUT2D eigenvalue weighted by Crippen LogP contribution is 2.19. The van der Waals surface area contributed by atoms with Crippen LogP contribution in [0.15, 0.2) is 77.0 Å². The molecule has 2 aromatic carbocycles. The van der Waals surface area contributed by atoms with E-state index >= 15 is 0 Å². The predicted octanol–water partition coefficient (Wildman–Crippen LogP) is 3.55. The summed E-state index contributed by atoms with van der Waals surface area (Å²) in [6.45, 7) is 1.55. The lowest BCUT2D eigenvalue weighted by Crippen LogP contribution is -2.31. The van der Waals surface area contributed by atoms with Crippen LogP contribution in [0.1, 0.15) is 21.7 Å². The molecule has 1 saturated heterocycles. The first kappa shape index (κ1) is 20.6. The maximum Gasteiger partial charge on any atom is 0.253 e. The van der Waals surface area contributed by atoms with Gasteiger partial charge in [-0.05, 0) is 54.3 Å². The lowest BCUT2D eigenvalue weighted by molar-refractivity contribution is 0.0791. The number of hydrogen-bond acceptors (Lipinski definition) is 5. The lowest BCUT2D eigenvalue weighted by Gasteiger charge is -2.18. The Morgan fingerprint density at radius 1 is 1.03 bits per heavy atom. The van der Waals surface area contributed by atoms with E-state index in [0.717, 1.165) is 17.0 Å². The minimum Gasteiger partial charge on any atom is -0.380 e. The molecule has 156 valence electrons. The average Bonchev–Trinajstić information content (AvgIpc) is 3.45. The number of carbonyl (C=O) groups is 1. The molecule has 1 aromatic heterocycles. The van der Waals surface area contributed by atoms with Gasteiger partial charge in [0.25, 0.3) is 5.91 Å². The Morgan fingerprint density at radius 2 is 1.80 bits per heavy atom. The second-order valence-corrected chi connectivity index (χ2v) is 9.97. The summed E-state index contributed by atoms with van der Waals surface area (Å²) in [6.07, 6.45) is 0.875. The fraction of sp³-hybridized carbons (Fsp3) is 0.227. The Balaban J connectivity index is 1.36. The van der Waals surface area contributed by atoms with Crippen LogP contribution < -0.4 is 10.0 Å². The molecule has 2 heterocycles. The molecule has 0 radical (unpaired) electrons. The number of nitrogens with one attached hydrogen (secondary N) is 2. The van der Waals surface area contributed by atoms with Crippen molar-refractivity contribution < 1.29 is 13.2 Å². The number of thiophene rings is 1. The van der Waals surface area contributed by atoms with E-state index in [1.165, 1.54) is 23.5 Å². The van der Waals surface area contributed by atoms with Crippen LogP contribution >= 0.6 is 11.3 Å². The number of anilines is 1. The molecule has 8 heteroatoms. The average molecular weight is 442 g/mol. The van der Waals surface area contributed by atoms with Crippen LogP contribution in [0.2, 0.25) is 0 Å². The van der Waals surface area contributed by atoms with Crippen LogP contribution in [-0.2, 0) is 16.6 Å². The van der Waals surface area contributed by atoms with Crippen molar-refractivity contribution in [2.75, 3.05) is 18.4 Å². The van der Waals surface area contributed by atoms with Crippen molar-refractivity contribution in [1.82, 2.24) is 9.62 Å². The number of sulfonamides is 1. The molecule has 4 rings (SSSR count). The van der Waals surface area contributed by atoms with Crippen LogP contribution in [0, 0.1) is 0 Å². The highest BCUT2D eigenvalue weighted by molar-refractivity contribution is 7.89. The summed E-state index contributed by atoms with van der Waals surface area (Å²) in [5.74, 6) is -0.0807. The number of para-hydroxylation sites is 1. The molecule has 2 N–H and O–H groups in total. The van der Waals surface area contributed by atoms with E-state index in [9.17, 15) is 13.2 Å². The Labute approximate surface area is 180 Å². The van der Waals surface area contributed by atoms with Crippen molar-refractivity contribution in [3.05, 3.63) is 82.6 Å². The van der Waals surface area contributed by atoms with E-state index in [4.69, 9.17) is 0 Å². The molecule has 1 fully saturated rings. The van der Waals surface area contributed by atoms with Crippen molar-refractivity contribution in [3.63, 3.8) is 0 Å². The van der Waals surface area contributed by atoms with Crippen LogP contribution in [0.3, 0.4) is 0 Å². The van der Waals surface area contributed by atoms with E-state index in [1.54, 1.807) is 17.0 Å². The second kappa shape index (κ2) is 8.99. The van der Waals surface area contributed by atoms with Gasteiger partial charge in [0.1, 0.15) is 0 Å². The van der Waals surface area contributed by atoms with Crippen LogP contribution in [0.4, 0.5) is 5.69 Å². The Kier molecular flexibility index (Phi) is 6.17. The van der Waals surface area contributed by atoms with Crippen LogP contribution in [-0.4, -0.2) is 38.4 Å². The van der Waals surface area contributed by atoms with E-state index in [2.05, 4.69) is 10.0 Å². The van der Waals surface area contributed by atoms with Gasteiger partial charge >= 0.3 is 0 Å². The molecule has 0 aliphatic carbocycles. The zero-order chi connectivity index (χ0) is 21.0. The zero-order valence-corrected chi connectivity index (χ0v) is 18.0. The summed E-state index contributed by atoms with van der Waals surface area (Å²) in [4.78, 5) is 15.7. The molecule has 0 saturated carbocycles. The van der Waals surface area contributed by atoms with Gasteiger partial charge in [-0.1, -0.05) is 24.3 Å². The quantitative estimate of drug-likeness (QED) is 0.588. The smallest absolute Gasteiger partial charge is 0.253 e. The van der Waals surface area contributed by atoms with Gasteiger partial charge in [0.2, 0.25) is 10.0 Å². The van der Waals surface area contributed by atoms with Crippen molar-refractivity contribution in [2.45, 2.75) is 23.9 Å². The van der Waals surface area contributed by atoms with Gasteiger partial charge in [-0.15, -0.1) is 11.3 Å². The number of likely N-dealkylation sites (tertiary alicyclic amines) is 1. The third kappa shape index (κ3) is 4.89. The van der Waals surface area contributed by atoms with Gasteiger partial charge in [0.15, 0.2) is 0 Å². The van der Waals surface area contributed by atoms with Gasteiger partial charge in [-0.2, -0.15) is 0 Å². The van der Waals surface area contributed by atoms with Gasteiger partial charge in [-0.25, -0.2) is 13.1 Å². The van der Waals surface area contributed by atoms with Gasteiger partial charge in [0, 0.05) is 41.8 Å². The van der Waals surface area contributed by atoms with Crippen molar-refractivity contribution in [3.8, 4) is 0 Å². The van der Waals surface area contributed by atoms with Crippen molar-refractivity contribution in [2.24, 2.45) is 0 Å². The van der Waals surface area contributed by atoms with Crippen molar-refractivity contribution >= 4 is 33.0 Å². The Bertz CT molecular complexity index is 1080. The summed E-state index contributed by atoms with van der Waals surface area (Å²) in [5.41, 5.74) is 1.54. The fourth-order valence-corrected chi connectivity index (χ4v) is 5.20. The molecular weight excluding hydrogens is 418 g/mol. The highest BCUT2D eigenvalue weighted by atomic mass is 32.2. The first-order valence-electron chi connectivity index (χ1n) is 9.74. The molecule has 0 spiro atoms. The topological polar surface area (TPSA) is 78.5 Å². The summed E-state index contributed by atoms with van der Waals surface area (Å²) in [6, 6.07) is 20.1. The first-order chi connectivity index (χ1) is 14.5. The number of benzene rings is 2. The summed E-state index contributed by atoms with van der Waals surface area (Å²) in [7, 11) is -3.62. The molecule has 0 bridgehead atoms. The summed E-state index contributed by atoms with van der Waals surface area (Å²) in [5, 5.41) is 5.36. The number of amides is 1. The van der Waals surface area contributed by atoms with E-state index < -0.39 is 10.0 Å². The van der Waals surface area contributed by atoms with Crippen molar-refractivity contribution in [1.29, 1.82) is 0 Å². The Morgan fingerprint density at radius 3 is 2.50 bits per heavy atom. The van der Waals surface area contributed by atoms with E-state index in [-0.39, 0.29) is 23.4 Å². The molecule has 1 aliphatic heterocycles. The molecule has 1 atom stereocenters. The SMILES string of the molecule is O=C(c1ccc(S(=O)(=O)NCc2cccs2)cc1)N1CCC(Nc2ccccc2)C1. The van der Waals surface area contributed by atoms with Crippen LogP contribution in [0.5, 0.6) is 0 Å². The molecule has 3 aromatic rings. The number of rotatable bonds is 7. The minimum atomic E-state index is -3.62. The largest absolute Gasteiger partial charge is 0.380 e. The highest BCUT2D eigenvalue weighted by Gasteiger charge is 2.27. The monoisotopic (exact) mass is 441 g/mol. The van der Waals surface area contributed by atoms with E-state index in [0.29, 0.717) is 18.7 Å². The first-order valence-corrected chi connectivity index (χ1v) is 12.1. The normalized spacial score (nSPS) is 16.5. The van der Waals surface area contributed by atoms with Gasteiger partial charge in [-0.3, -0.25) is 4.79 Å². The molecule has 1 aliphatic rings. The number of carbonyl (C=O) groups excluding carboxylic acids is 1. The molecular formula is C22H23N3O3S2. The van der Waals surface area contributed by atoms with Gasteiger partial charge in [0.05, 0.1) is 4.90 Å². The minimum absolute atomic E-state index is 0.0807. The number of hydrogen-bond donors (Lipinski definition) is 2. The number of nitrogens with zero attached hydrogens (tertiary/aromatic N) is 1. The standard InChI is InChI=1S/C22H23N3O3S2/c26-22(25-13-12-19(16-25)24-18-5-2-1-3-6-18)17-8-10-21(11-9-17)30(27,28)23-15-20-7-4-14-29-20/h1-11,14,19,23-24H,12-13,15-16H2.